The summed E-state index contributed by atoms with van der Waals surface area (Å²) in [5.74, 6) is 1.57. The van der Waals surface area contributed by atoms with E-state index in [2.05, 4.69) is 70.4 Å². The highest BCUT2D eigenvalue weighted by molar-refractivity contribution is 7.99. The molecule has 1 aliphatic rings. The molecule has 0 fully saturated rings. The lowest BCUT2D eigenvalue weighted by Gasteiger charge is -2.21. The Morgan fingerprint density at radius 1 is 1.09 bits per heavy atom. The summed E-state index contributed by atoms with van der Waals surface area (Å²) >= 11 is 1.97. The van der Waals surface area contributed by atoms with Crippen LogP contribution in [0.25, 0.3) is 16.6 Å². The Hall–Kier alpha value is -2.00. The van der Waals surface area contributed by atoms with Gasteiger partial charge in [0.15, 0.2) is 0 Å². The molecule has 0 amide bonds. The summed E-state index contributed by atoms with van der Waals surface area (Å²) in [5, 5.41) is 2.74. The number of hydrogen-bond donors (Lipinski definition) is 0. The fourth-order valence-electron chi connectivity index (χ4n) is 3.33. The highest BCUT2D eigenvalue weighted by atomic mass is 32.2. The zero-order valence-corrected chi connectivity index (χ0v) is 13.4. The number of para-hydroxylation sites is 2. The minimum Gasteiger partial charge on any atom is -0.304 e. The molecule has 0 saturated carbocycles. The highest BCUT2D eigenvalue weighted by Crippen LogP contribution is 2.44. The predicted molar refractivity (Wildman–Crippen MR) is 95.8 cm³/mol. The summed E-state index contributed by atoms with van der Waals surface area (Å²) in [6.45, 7) is 0. The van der Waals surface area contributed by atoms with Gasteiger partial charge in [-0.15, -0.1) is 11.8 Å². The minimum atomic E-state index is 0.427. The van der Waals surface area contributed by atoms with Crippen molar-refractivity contribution in [2.75, 3.05) is 12.8 Å². The Morgan fingerprint density at radius 2 is 1.86 bits per heavy atom. The molecule has 1 aromatic heterocycles. The summed E-state index contributed by atoms with van der Waals surface area (Å²) in [6.07, 6.45) is 3.28. The fourth-order valence-corrected chi connectivity index (χ4v) is 4.65. The summed E-state index contributed by atoms with van der Waals surface area (Å²) < 4.78 is 2.41. The van der Waals surface area contributed by atoms with Crippen molar-refractivity contribution in [3.8, 4) is 5.69 Å². The van der Waals surface area contributed by atoms with Crippen molar-refractivity contribution in [3.63, 3.8) is 0 Å². The third kappa shape index (κ3) is 2.08. The molecular formula is C19H18N2S. The van der Waals surface area contributed by atoms with Crippen LogP contribution in [0.3, 0.4) is 0 Å². The van der Waals surface area contributed by atoms with E-state index in [0.29, 0.717) is 5.92 Å². The summed E-state index contributed by atoms with van der Waals surface area (Å²) in [6, 6.07) is 19.4. The van der Waals surface area contributed by atoms with E-state index < -0.39 is 0 Å². The molecule has 110 valence electrons. The van der Waals surface area contributed by atoms with Gasteiger partial charge in [0.2, 0.25) is 0 Å². The normalized spacial score (nSPS) is 18.0. The van der Waals surface area contributed by atoms with E-state index in [9.17, 15) is 0 Å². The van der Waals surface area contributed by atoms with E-state index in [-0.39, 0.29) is 0 Å². The van der Waals surface area contributed by atoms with Crippen LogP contribution in [0, 0.1) is 0 Å². The number of fused-ring (bicyclic) bond motifs is 3. The van der Waals surface area contributed by atoms with E-state index in [4.69, 9.17) is 0 Å². The van der Waals surface area contributed by atoms with Crippen molar-refractivity contribution in [2.24, 2.45) is 4.99 Å². The van der Waals surface area contributed by atoms with Crippen molar-refractivity contribution < 1.29 is 0 Å². The van der Waals surface area contributed by atoms with Crippen molar-refractivity contribution in [3.05, 3.63) is 60.2 Å². The van der Waals surface area contributed by atoms with Crippen molar-refractivity contribution >= 4 is 28.9 Å². The summed E-state index contributed by atoms with van der Waals surface area (Å²) in [7, 11) is 1.87. The van der Waals surface area contributed by atoms with Gasteiger partial charge in [-0.1, -0.05) is 36.4 Å². The molecule has 0 saturated heterocycles. The first-order valence-corrected chi connectivity index (χ1v) is 8.62. The van der Waals surface area contributed by atoms with Gasteiger partial charge in [-0.05, 0) is 24.6 Å². The van der Waals surface area contributed by atoms with Gasteiger partial charge in [-0.2, -0.15) is 0 Å². The lowest BCUT2D eigenvalue weighted by Crippen LogP contribution is -2.09. The molecule has 2 heterocycles. The van der Waals surface area contributed by atoms with Crippen molar-refractivity contribution in [2.45, 2.75) is 17.4 Å². The van der Waals surface area contributed by atoms with E-state index >= 15 is 0 Å². The first kappa shape index (κ1) is 13.6. The lowest BCUT2D eigenvalue weighted by molar-refractivity contribution is 0.806. The Balaban J connectivity index is 2.06. The molecule has 0 radical (unpaired) electrons. The quantitative estimate of drug-likeness (QED) is 0.615. The number of hydrogen-bond acceptors (Lipinski definition) is 2. The number of nitrogens with zero attached hydrogens (tertiary/aromatic N) is 2. The minimum absolute atomic E-state index is 0.427. The number of aliphatic imine (C=N–C) groups is 1. The lowest BCUT2D eigenvalue weighted by atomic mass is 9.97. The smallest absolute Gasteiger partial charge is 0.0844 e. The SMILES string of the molecule is C/N=C\C1CCSc2c1c1ccccc1n2-c1ccccc1. The van der Waals surface area contributed by atoms with Gasteiger partial charge in [0, 0.05) is 41.6 Å². The Labute approximate surface area is 134 Å². The van der Waals surface area contributed by atoms with E-state index in [1.54, 1.807) is 0 Å². The fraction of sp³-hybridized carbons (Fsp3) is 0.211. The number of benzene rings is 2. The third-order valence-corrected chi connectivity index (χ3v) is 5.37. The van der Waals surface area contributed by atoms with Crippen molar-refractivity contribution in [1.82, 2.24) is 4.57 Å². The second-order valence-corrected chi connectivity index (χ2v) is 6.64. The molecule has 0 bridgehead atoms. The van der Waals surface area contributed by atoms with Gasteiger partial charge < -0.3 is 9.56 Å². The highest BCUT2D eigenvalue weighted by Gasteiger charge is 2.27. The molecule has 3 aromatic rings. The van der Waals surface area contributed by atoms with Crippen LogP contribution in [-0.2, 0) is 0 Å². The van der Waals surface area contributed by atoms with Gasteiger partial charge in [-0.25, -0.2) is 0 Å². The molecule has 1 aliphatic heterocycles. The summed E-state index contributed by atoms with van der Waals surface area (Å²) in [4.78, 5) is 4.30. The monoisotopic (exact) mass is 306 g/mol. The van der Waals surface area contributed by atoms with Crippen LogP contribution in [0.5, 0.6) is 0 Å². The standard InChI is InChI=1S/C19H18N2S/c1-20-13-14-11-12-22-19-18(14)16-9-5-6-10-17(16)21(19)15-7-3-2-4-8-15/h2-10,13-14H,11-12H2,1H3/b20-13-. The number of rotatable bonds is 2. The molecule has 0 N–H and O–H groups in total. The van der Waals surface area contributed by atoms with E-state index in [0.717, 1.165) is 12.2 Å². The Morgan fingerprint density at radius 3 is 2.68 bits per heavy atom. The zero-order chi connectivity index (χ0) is 14.9. The second-order valence-electron chi connectivity index (χ2n) is 5.56. The largest absolute Gasteiger partial charge is 0.304 e. The first-order chi connectivity index (χ1) is 10.9. The van der Waals surface area contributed by atoms with Gasteiger partial charge in [0.05, 0.1) is 10.5 Å². The average molecular weight is 306 g/mol. The van der Waals surface area contributed by atoms with Crippen LogP contribution in [0.4, 0.5) is 0 Å². The maximum absolute atomic E-state index is 4.30. The second kappa shape index (κ2) is 5.65. The molecule has 0 aliphatic carbocycles. The van der Waals surface area contributed by atoms with Crippen LogP contribution in [0.1, 0.15) is 17.9 Å². The van der Waals surface area contributed by atoms with Gasteiger partial charge in [-0.3, -0.25) is 0 Å². The van der Waals surface area contributed by atoms with Gasteiger partial charge in [0.25, 0.3) is 0 Å². The predicted octanol–water partition coefficient (Wildman–Crippen LogP) is 4.91. The number of aromatic nitrogens is 1. The van der Waals surface area contributed by atoms with E-state index in [1.165, 1.54) is 27.2 Å². The van der Waals surface area contributed by atoms with Gasteiger partial charge >= 0.3 is 0 Å². The maximum atomic E-state index is 4.30. The average Bonchev–Trinajstić information content (AvgIpc) is 2.91. The van der Waals surface area contributed by atoms with Crippen LogP contribution >= 0.6 is 11.8 Å². The molecule has 4 rings (SSSR count). The zero-order valence-electron chi connectivity index (χ0n) is 12.6. The molecular weight excluding hydrogens is 288 g/mol. The topological polar surface area (TPSA) is 17.3 Å². The first-order valence-electron chi connectivity index (χ1n) is 7.64. The van der Waals surface area contributed by atoms with Crippen LogP contribution in [0.2, 0.25) is 0 Å². The molecule has 3 heteroatoms. The third-order valence-electron chi connectivity index (χ3n) is 4.25. The maximum Gasteiger partial charge on any atom is 0.0844 e. The Bertz CT molecular complexity index is 833. The number of thioether (sulfide) groups is 1. The van der Waals surface area contributed by atoms with Crippen LogP contribution in [0.15, 0.2) is 64.6 Å². The van der Waals surface area contributed by atoms with Crippen LogP contribution < -0.4 is 0 Å². The molecule has 22 heavy (non-hydrogen) atoms. The Kier molecular flexibility index (Phi) is 3.51. The molecule has 2 aromatic carbocycles. The van der Waals surface area contributed by atoms with Crippen LogP contribution in [-0.4, -0.2) is 23.6 Å². The van der Waals surface area contributed by atoms with Crippen molar-refractivity contribution in [1.29, 1.82) is 0 Å². The van der Waals surface area contributed by atoms with Gasteiger partial charge in [0.1, 0.15) is 0 Å². The van der Waals surface area contributed by atoms with E-state index in [1.807, 2.05) is 18.8 Å². The molecule has 0 spiro atoms. The molecule has 2 nitrogen and oxygen atoms in total. The molecule has 1 atom stereocenters. The molecule has 1 unspecified atom stereocenters. The summed E-state index contributed by atoms with van der Waals surface area (Å²) in [5.41, 5.74) is 3.98.